The zero-order chi connectivity index (χ0) is 22.5. The van der Waals surface area contributed by atoms with E-state index in [0.29, 0.717) is 37.0 Å². The second-order valence-electron chi connectivity index (χ2n) is 7.98. The van der Waals surface area contributed by atoms with Crippen LogP contribution in [0.25, 0.3) is 0 Å². The Morgan fingerprint density at radius 2 is 1.32 bits per heavy atom. The van der Waals surface area contributed by atoms with Gasteiger partial charge in [0.15, 0.2) is 13.2 Å². The smallest absolute Gasteiger partial charge is 0.260 e. The van der Waals surface area contributed by atoms with Crippen LogP contribution in [0.2, 0.25) is 5.02 Å². The fourth-order valence-corrected chi connectivity index (χ4v) is 3.73. The lowest BCUT2D eigenvalue weighted by Gasteiger charge is -2.34. The van der Waals surface area contributed by atoms with E-state index < -0.39 is 0 Å². The molecule has 3 rings (SSSR count). The van der Waals surface area contributed by atoms with Crippen molar-refractivity contribution in [3.63, 3.8) is 0 Å². The standard InChI is InChI=1S/C24H29ClN2O4/c1-16-5-6-21(17(2)11-16)31-15-23(29)27-9-7-26(8-10-27)22(28)14-30-20-12-18(3)24(25)19(4)13-20/h5-6,11-13H,7-10,14-15H2,1-4H3. The average molecular weight is 445 g/mol. The minimum Gasteiger partial charge on any atom is -0.484 e. The fourth-order valence-electron chi connectivity index (χ4n) is 3.62. The second-order valence-corrected chi connectivity index (χ2v) is 8.36. The topological polar surface area (TPSA) is 59.1 Å². The van der Waals surface area contributed by atoms with Crippen molar-refractivity contribution < 1.29 is 19.1 Å². The Hall–Kier alpha value is -2.73. The molecule has 2 aromatic carbocycles. The summed E-state index contributed by atoms with van der Waals surface area (Å²) in [5, 5.41) is 0.709. The molecular formula is C24H29ClN2O4. The molecule has 1 aliphatic heterocycles. The number of carbonyl (C=O) groups excluding carboxylic acids is 2. The van der Waals surface area contributed by atoms with Gasteiger partial charge in [0.25, 0.3) is 11.8 Å². The Labute approximate surface area is 188 Å². The van der Waals surface area contributed by atoms with Gasteiger partial charge in [0, 0.05) is 31.2 Å². The van der Waals surface area contributed by atoms with Crippen molar-refractivity contribution in [2.24, 2.45) is 0 Å². The quantitative estimate of drug-likeness (QED) is 0.681. The van der Waals surface area contributed by atoms with Crippen molar-refractivity contribution >= 4 is 23.4 Å². The Kier molecular flexibility index (Phi) is 7.44. The molecule has 1 heterocycles. The molecule has 0 bridgehead atoms. The molecule has 0 aliphatic carbocycles. The summed E-state index contributed by atoms with van der Waals surface area (Å²) in [6, 6.07) is 9.53. The molecule has 1 fully saturated rings. The summed E-state index contributed by atoms with van der Waals surface area (Å²) in [6.45, 7) is 9.69. The summed E-state index contributed by atoms with van der Waals surface area (Å²) >= 11 is 6.17. The first-order valence-corrected chi connectivity index (χ1v) is 10.8. The molecule has 31 heavy (non-hydrogen) atoms. The SMILES string of the molecule is Cc1ccc(OCC(=O)N2CCN(C(=O)COc3cc(C)c(Cl)c(C)c3)CC2)c(C)c1. The van der Waals surface area contributed by atoms with Gasteiger partial charge in [-0.1, -0.05) is 29.3 Å². The number of ether oxygens (including phenoxy) is 2. The highest BCUT2D eigenvalue weighted by molar-refractivity contribution is 6.32. The minimum absolute atomic E-state index is 0.00374. The van der Waals surface area contributed by atoms with Crippen molar-refractivity contribution in [2.75, 3.05) is 39.4 Å². The Morgan fingerprint density at radius 3 is 1.84 bits per heavy atom. The molecule has 1 aliphatic rings. The lowest BCUT2D eigenvalue weighted by atomic mass is 10.1. The number of rotatable bonds is 6. The van der Waals surface area contributed by atoms with Crippen LogP contribution in [0.5, 0.6) is 11.5 Å². The van der Waals surface area contributed by atoms with Gasteiger partial charge in [-0.25, -0.2) is 0 Å². The molecule has 7 heteroatoms. The highest BCUT2D eigenvalue weighted by Gasteiger charge is 2.24. The van der Waals surface area contributed by atoms with E-state index in [1.165, 1.54) is 0 Å². The van der Waals surface area contributed by atoms with E-state index in [-0.39, 0.29) is 25.0 Å². The van der Waals surface area contributed by atoms with E-state index in [1.807, 2.05) is 58.0 Å². The third-order valence-corrected chi connectivity index (χ3v) is 6.04. The van der Waals surface area contributed by atoms with Gasteiger partial charge in [0.2, 0.25) is 0 Å². The summed E-state index contributed by atoms with van der Waals surface area (Å²) in [5.74, 6) is 1.18. The number of amides is 2. The zero-order valence-corrected chi connectivity index (χ0v) is 19.3. The van der Waals surface area contributed by atoms with Crippen LogP contribution in [0.4, 0.5) is 0 Å². The molecule has 0 N–H and O–H groups in total. The van der Waals surface area contributed by atoms with Gasteiger partial charge in [0.05, 0.1) is 0 Å². The lowest BCUT2D eigenvalue weighted by molar-refractivity contribution is -0.141. The summed E-state index contributed by atoms with van der Waals surface area (Å²) in [6.07, 6.45) is 0. The summed E-state index contributed by atoms with van der Waals surface area (Å²) in [7, 11) is 0. The number of hydrogen-bond donors (Lipinski definition) is 0. The van der Waals surface area contributed by atoms with E-state index in [9.17, 15) is 9.59 Å². The van der Waals surface area contributed by atoms with Crippen LogP contribution >= 0.6 is 11.6 Å². The number of carbonyl (C=O) groups is 2. The average Bonchev–Trinajstić information content (AvgIpc) is 2.75. The first-order chi connectivity index (χ1) is 14.7. The molecule has 6 nitrogen and oxygen atoms in total. The van der Waals surface area contributed by atoms with Crippen LogP contribution in [0.15, 0.2) is 30.3 Å². The second kappa shape index (κ2) is 10.1. The molecular weight excluding hydrogens is 416 g/mol. The Balaban J connectivity index is 1.44. The molecule has 0 atom stereocenters. The van der Waals surface area contributed by atoms with Crippen LogP contribution < -0.4 is 9.47 Å². The first-order valence-electron chi connectivity index (χ1n) is 10.4. The number of piperazine rings is 1. The molecule has 0 unspecified atom stereocenters. The first kappa shape index (κ1) is 22.9. The van der Waals surface area contributed by atoms with E-state index in [1.54, 1.807) is 9.80 Å². The van der Waals surface area contributed by atoms with Gasteiger partial charge in [-0.2, -0.15) is 0 Å². The van der Waals surface area contributed by atoms with Gasteiger partial charge in [-0.3, -0.25) is 9.59 Å². The van der Waals surface area contributed by atoms with E-state index in [4.69, 9.17) is 21.1 Å². The van der Waals surface area contributed by atoms with Crippen molar-refractivity contribution in [3.05, 3.63) is 57.6 Å². The maximum Gasteiger partial charge on any atom is 0.260 e. The van der Waals surface area contributed by atoms with E-state index >= 15 is 0 Å². The lowest BCUT2D eigenvalue weighted by Crippen LogP contribution is -2.52. The maximum atomic E-state index is 12.5. The minimum atomic E-state index is -0.0936. The highest BCUT2D eigenvalue weighted by Crippen LogP contribution is 2.26. The van der Waals surface area contributed by atoms with Crippen LogP contribution in [0.3, 0.4) is 0 Å². The van der Waals surface area contributed by atoms with Gasteiger partial charge in [0.1, 0.15) is 11.5 Å². The Bertz CT molecular complexity index is 945. The number of benzene rings is 2. The molecule has 0 aromatic heterocycles. The van der Waals surface area contributed by atoms with Crippen LogP contribution in [0.1, 0.15) is 22.3 Å². The van der Waals surface area contributed by atoms with E-state index in [0.717, 1.165) is 28.0 Å². The summed E-state index contributed by atoms with van der Waals surface area (Å²) < 4.78 is 11.4. The maximum absolute atomic E-state index is 12.5. The van der Waals surface area contributed by atoms with Crippen LogP contribution in [-0.4, -0.2) is 61.0 Å². The Morgan fingerprint density at radius 1 is 0.806 bits per heavy atom. The molecule has 2 aromatic rings. The monoisotopic (exact) mass is 444 g/mol. The molecule has 166 valence electrons. The number of halogens is 1. The van der Waals surface area contributed by atoms with E-state index in [2.05, 4.69) is 0 Å². The third kappa shape index (κ3) is 5.91. The third-order valence-electron chi connectivity index (χ3n) is 5.44. The normalized spacial score (nSPS) is 13.8. The molecule has 0 saturated carbocycles. The van der Waals surface area contributed by atoms with Crippen LogP contribution in [-0.2, 0) is 9.59 Å². The van der Waals surface area contributed by atoms with Gasteiger partial charge in [-0.05, 0) is 62.6 Å². The zero-order valence-electron chi connectivity index (χ0n) is 18.5. The number of nitrogens with zero attached hydrogens (tertiary/aromatic N) is 2. The molecule has 0 spiro atoms. The molecule has 0 radical (unpaired) electrons. The predicted octanol–water partition coefficient (Wildman–Crippen LogP) is 3.70. The number of hydrogen-bond acceptors (Lipinski definition) is 4. The molecule has 1 saturated heterocycles. The fraction of sp³-hybridized carbons (Fsp3) is 0.417. The largest absolute Gasteiger partial charge is 0.484 e. The summed E-state index contributed by atoms with van der Waals surface area (Å²) in [4.78, 5) is 28.5. The van der Waals surface area contributed by atoms with Crippen molar-refractivity contribution in [1.29, 1.82) is 0 Å². The highest BCUT2D eigenvalue weighted by atomic mass is 35.5. The van der Waals surface area contributed by atoms with Gasteiger partial charge < -0.3 is 19.3 Å². The van der Waals surface area contributed by atoms with Crippen molar-refractivity contribution in [1.82, 2.24) is 9.80 Å². The van der Waals surface area contributed by atoms with Crippen LogP contribution in [0, 0.1) is 27.7 Å². The van der Waals surface area contributed by atoms with Crippen molar-refractivity contribution in [3.8, 4) is 11.5 Å². The van der Waals surface area contributed by atoms with Gasteiger partial charge >= 0.3 is 0 Å². The van der Waals surface area contributed by atoms with Gasteiger partial charge in [-0.15, -0.1) is 0 Å². The summed E-state index contributed by atoms with van der Waals surface area (Å²) in [5.41, 5.74) is 4.00. The van der Waals surface area contributed by atoms with Crippen molar-refractivity contribution in [2.45, 2.75) is 27.7 Å². The predicted molar refractivity (Wildman–Crippen MR) is 121 cm³/mol. The number of aryl methyl sites for hydroxylation is 4. The molecule has 2 amide bonds.